The molecule has 0 spiro atoms. The van der Waals surface area contributed by atoms with Crippen LogP contribution in [0, 0.1) is 11.8 Å². The van der Waals surface area contributed by atoms with Crippen LogP contribution in [0.15, 0.2) is 0 Å². The minimum absolute atomic E-state index is 0.281. The molecule has 0 aliphatic heterocycles. The summed E-state index contributed by atoms with van der Waals surface area (Å²) in [5.41, 5.74) is 0. The fourth-order valence-electron chi connectivity index (χ4n) is 2.17. The predicted molar refractivity (Wildman–Crippen MR) is 89.9 cm³/mol. The maximum absolute atomic E-state index is 12.5. The SMILES string of the molecule is CC(C)CCN(CCC(C)C)S(=O)(=O)CCCNC1CC1. The fraction of sp³-hybridized carbons (Fsp3) is 1.00. The molecule has 1 saturated carbocycles. The van der Waals surface area contributed by atoms with Crippen LogP contribution in [0.3, 0.4) is 0 Å². The molecule has 0 heterocycles. The van der Waals surface area contributed by atoms with Crippen LogP contribution in [0.2, 0.25) is 0 Å². The third kappa shape index (κ3) is 8.79. The Morgan fingerprint density at radius 1 is 1.05 bits per heavy atom. The Balaban J connectivity index is 2.42. The lowest BCUT2D eigenvalue weighted by Crippen LogP contribution is -2.36. The molecule has 1 aliphatic rings. The lowest BCUT2D eigenvalue weighted by molar-refractivity contribution is 0.356. The van der Waals surface area contributed by atoms with E-state index in [9.17, 15) is 8.42 Å². The van der Waals surface area contributed by atoms with Crippen LogP contribution in [-0.2, 0) is 10.0 Å². The highest BCUT2D eigenvalue weighted by Gasteiger charge is 2.23. The molecule has 1 N–H and O–H groups in total. The van der Waals surface area contributed by atoms with Gasteiger partial charge in [-0.05, 0) is 50.5 Å². The standard InChI is InChI=1S/C16H34N2O2S/c1-14(2)8-11-18(12-9-15(3)4)21(19,20)13-5-10-17-16-6-7-16/h14-17H,5-13H2,1-4H3. The van der Waals surface area contributed by atoms with Crippen LogP contribution >= 0.6 is 0 Å². The van der Waals surface area contributed by atoms with E-state index in [1.165, 1.54) is 12.8 Å². The molecule has 0 aromatic heterocycles. The van der Waals surface area contributed by atoms with Crippen molar-refractivity contribution in [3.8, 4) is 0 Å². The largest absolute Gasteiger partial charge is 0.314 e. The van der Waals surface area contributed by atoms with Gasteiger partial charge in [-0.25, -0.2) is 12.7 Å². The summed E-state index contributed by atoms with van der Waals surface area (Å²) in [6.45, 7) is 10.7. The van der Waals surface area contributed by atoms with Crippen molar-refractivity contribution in [2.24, 2.45) is 11.8 Å². The van der Waals surface area contributed by atoms with Gasteiger partial charge < -0.3 is 5.32 Å². The molecule has 4 nitrogen and oxygen atoms in total. The molecule has 0 aromatic carbocycles. The van der Waals surface area contributed by atoms with Crippen molar-refractivity contribution < 1.29 is 8.42 Å². The highest BCUT2D eigenvalue weighted by atomic mass is 32.2. The summed E-state index contributed by atoms with van der Waals surface area (Å²) in [5.74, 6) is 1.36. The van der Waals surface area contributed by atoms with E-state index in [4.69, 9.17) is 0 Å². The minimum atomic E-state index is -3.10. The van der Waals surface area contributed by atoms with Crippen molar-refractivity contribution in [1.29, 1.82) is 0 Å². The average molecular weight is 319 g/mol. The van der Waals surface area contributed by atoms with Crippen molar-refractivity contribution in [3.05, 3.63) is 0 Å². The van der Waals surface area contributed by atoms with E-state index in [-0.39, 0.29) is 5.75 Å². The van der Waals surface area contributed by atoms with Crippen molar-refractivity contribution in [2.75, 3.05) is 25.4 Å². The third-order valence-electron chi connectivity index (χ3n) is 3.89. The molecule has 0 bridgehead atoms. The predicted octanol–water partition coefficient (Wildman–Crippen LogP) is 2.85. The van der Waals surface area contributed by atoms with Crippen LogP contribution in [0.5, 0.6) is 0 Å². The fourth-order valence-corrected chi connectivity index (χ4v) is 3.71. The Hall–Kier alpha value is -0.130. The Morgan fingerprint density at radius 3 is 2.00 bits per heavy atom. The first kappa shape index (κ1) is 18.9. The van der Waals surface area contributed by atoms with Gasteiger partial charge >= 0.3 is 0 Å². The molecule has 126 valence electrons. The van der Waals surface area contributed by atoms with E-state index < -0.39 is 10.0 Å². The normalized spacial score (nSPS) is 16.3. The summed E-state index contributed by atoms with van der Waals surface area (Å²) in [6.07, 6.45) is 5.11. The summed E-state index contributed by atoms with van der Waals surface area (Å²) in [4.78, 5) is 0. The number of nitrogens with zero attached hydrogens (tertiary/aromatic N) is 1. The molecule has 1 rings (SSSR count). The van der Waals surface area contributed by atoms with Crippen molar-refractivity contribution in [1.82, 2.24) is 9.62 Å². The van der Waals surface area contributed by atoms with Gasteiger partial charge in [0.1, 0.15) is 0 Å². The number of hydrogen-bond acceptors (Lipinski definition) is 3. The van der Waals surface area contributed by atoms with E-state index in [0.717, 1.165) is 25.8 Å². The molecule has 0 atom stereocenters. The van der Waals surface area contributed by atoms with Gasteiger partial charge in [-0.1, -0.05) is 27.7 Å². The molecule has 0 aromatic rings. The maximum Gasteiger partial charge on any atom is 0.214 e. The molecule has 1 fully saturated rings. The average Bonchev–Trinajstić information content (AvgIpc) is 3.17. The van der Waals surface area contributed by atoms with Gasteiger partial charge in [0.05, 0.1) is 5.75 Å². The van der Waals surface area contributed by atoms with Crippen LogP contribution in [0.1, 0.15) is 59.8 Å². The number of sulfonamides is 1. The summed E-state index contributed by atoms with van der Waals surface area (Å²) >= 11 is 0. The van der Waals surface area contributed by atoms with Crippen molar-refractivity contribution in [2.45, 2.75) is 65.8 Å². The highest BCUT2D eigenvalue weighted by molar-refractivity contribution is 7.89. The van der Waals surface area contributed by atoms with Gasteiger partial charge in [-0.2, -0.15) is 0 Å². The Labute approximate surface area is 131 Å². The quantitative estimate of drug-likeness (QED) is 0.563. The minimum Gasteiger partial charge on any atom is -0.314 e. The van der Waals surface area contributed by atoms with Gasteiger partial charge in [0.25, 0.3) is 0 Å². The maximum atomic E-state index is 12.5. The number of rotatable bonds is 12. The van der Waals surface area contributed by atoms with Gasteiger partial charge in [0, 0.05) is 19.1 Å². The molecule has 5 heteroatoms. The Morgan fingerprint density at radius 2 is 1.57 bits per heavy atom. The topological polar surface area (TPSA) is 49.4 Å². The zero-order chi connectivity index (χ0) is 15.9. The van der Waals surface area contributed by atoms with Gasteiger partial charge in [0.15, 0.2) is 0 Å². The molecule has 0 radical (unpaired) electrons. The zero-order valence-corrected chi connectivity index (χ0v) is 15.1. The number of nitrogens with one attached hydrogen (secondary N) is 1. The van der Waals surface area contributed by atoms with Crippen molar-refractivity contribution in [3.63, 3.8) is 0 Å². The second-order valence-electron chi connectivity index (χ2n) is 7.16. The van der Waals surface area contributed by atoms with Crippen LogP contribution in [-0.4, -0.2) is 44.2 Å². The van der Waals surface area contributed by atoms with E-state index in [1.54, 1.807) is 4.31 Å². The van der Waals surface area contributed by atoms with Crippen molar-refractivity contribution >= 4 is 10.0 Å². The molecule has 0 unspecified atom stereocenters. The molecule has 0 amide bonds. The summed E-state index contributed by atoms with van der Waals surface area (Å²) in [5, 5.41) is 3.39. The first-order chi connectivity index (χ1) is 9.81. The second kappa shape index (κ2) is 9.11. The van der Waals surface area contributed by atoms with Crippen LogP contribution in [0.4, 0.5) is 0 Å². The van der Waals surface area contributed by atoms with E-state index in [2.05, 4.69) is 33.0 Å². The first-order valence-electron chi connectivity index (χ1n) is 8.52. The summed E-state index contributed by atoms with van der Waals surface area (Å²) < 4.78 is 26.8. The molecule has 1 aliphatic carbocycles. The second-order valence-corrected chi connectivity index (χ2v) is 9.25. The van der Waals surface area contributed by atoms with E-state index >= 15 is 0 Å². The first-order valence-corrected chi connectivity index (χ1v) is 10.1. The molecular formula is C16H34N2O2S. The van der Waals surface area contributed by atoms with Gasteiger partial charge in [-0.3, -0.25) is 0 Å². The zero-order valence-electron chi connectivity index (χ0n) is 14.3. The third-order valence-corrected chi connectivity index (χ3v) is 5.85. The summed E-state index contributed by atoms with van der Waals surface area (Å²) in [6, 6.07) is 0.658. The highest BCUT2D eigenvalue weighted by Crippen LogP contribution is 2.18. The summed E-state index contributed by atoms with van der Waals surface area (Å²) in [7, 11) is -3.10. The van der Waals surface area contributed by atoms with Crippen LogP contribution < -0.4 is 5.32 Å². The lowest BCUT2D eigenvalue weighted by Gasteiger charge is -2.24. The molecule has 21 heavy (non-hydrogen) atoms. The van der Waals surface area contributed by atoms with E-state index in [1.807, 2.05) is 0 Å². The van der Waals surface area contributed by atoms with E-state index in [0.29, 0.717) is 31.0 Å². The van der Waals surface area contributed by atoms with Gasteiger partial charge in [0.2, 0.25) is 10.0 Å². The van der Waals surface area contributed by atoms with Crippen LogP contribution in [0.25, 0.3) is 0 Å². The monoisotopic (exact) mass is 318 g/mol. The molecule has 0 saturated heterocycles. The Bertz CT molecular complexity index is 364. The lowest BCUT2D eigenvalue weighted by atomic mass is 10.1. The Kier molecular flexibility index (Phi) is 8.21. The van der Waals surface area contributed by atoms with Gasteiger partial charge in [-0.15, -0.1) is 0 Å². The number of hydrogen-bond donors (Lipinski definition) is 1. The smallest absolute Gasteiger partial charge is 0.214 e. The molecular weight excluding hydrogens is 284 g/mol.